The predicted octanol–water partition coefficient (Wildman–Crippen LogP) is 3.03. The average molecular weight is 300 g/mol. The highest BCUT2D eigenvalue weighted by atomic mass is 32.2. The van der Waals surface area contributed by atoms with Crippen LogP contribution in [0.5, 0.6) is 0 Å². The van der Waals surface area contributed by atoms with Gasteiger partial charge in [0.2, 0.25) is 5.95 Å². The van der Waals surface area contributed by atoms with Crippen molar-refractivity contribution in [2.24, 2.45) is 0 Å². The van der Waals surface area contributed by atoms with E-state index in [1.807, 2.05) is 6.07 Å². The number of hydrogen-bond acceptors (Lipinski definition) is 5. The molecule has 108 valence electrons. The van der Waals surface area contributed by atoms with E-state index >= 15 is 0 Å². The number of aromatic nitrogens is 2. The van der Waals surface area contributed by atoms with E-state index in [1.54, 1.807) is 30.0 Å². The summed E-state index contributed by atoms with van der Waals surface area (Å²) in [5.41, 5.74) is 1.81. The molecule has 21 heavy (non-hydrogen) atoms. The largest absolute Gasteiger partial charge is 0.326 e. The lowest BCUT2D eigenvalue weighted by atomic mass is 10.2. The molecular formula is C15H16N4OS. The molecule has 0 saturated heterocycles. The minimum Gasteiger partial charge on any atom is -0.326 e. The summed E-state index contributed by atoms with van der Waals surface area (Å²) < 4.78 is 0. The van der Waals surface area contributed by atoms with E-state index in [-0.39, 0.29) is 5.56 Å². The minimum absolute atomic E-state index is 0.191. The third kappa shape index (κ3) is 4.65. The first kappa shape index (κ1) is 15.1. The number of thioether (sulfide) groups is 1. The van der Waals surface area contributed by atoms with Crippen molar-refractivity contribution in [3.8, 4) is 6.07 Å². The van der Waals surface area contributed by atoms with E-state index in [2.05, 4.69) is 35.2 Å². The van der Waals surface area contributed by atoms with E-state index in [1.165, 1.54) is 6.07 Å². The second-order valence-corrected chi connectivity index (χ2v) is 6.33. The highest BCUT2D eigenvalue weighted by molar-refractivity contribution is 7.99. The Balaban J connectivity index is 2.19. The second kappa shape index (κ2) is 6.95. The van der Waals surface area contributed by atoms with Gasteiger partial charge >= 0.3 is 0 Å². The van der Waals surface area contributed by atoms with Gasteiger partial charge in [0.25, 0.3) is 5.56 Å². The summed E-state index contributed by atoms with van der Waals surface area (Å²) in [7, 11) is 0. The first-order chi connectivity index (χ1) is 10.1. The van der Waals surface area contributed by atoms with Crippen molar-refractivity contribution in [2.75, 3.05) is 5.32 Å². The molecule has 0 aliphatic carbocycles. The van der Waals surface area contributed by atoms with Gasteiger partial charge < -0.3 is 5.32 Å². The summed E-state index contributed by atoms with van der Waals surface area (Å²) in [4.78, 5) is 18.7. The topological polar surface area (TPSA) is 81.6 Å². The molecule has 6 heteroatoms. The molecule has 0 bridgehead atoms. The van der Waals surface area contributed by atoms with Gasteiger partial charge in [-0.05, 0) is 23.4 Å². The zero-order chi connectivity index (χ0) is 15.2. The van der Waals surface area contributed by atoms with Gasteiger partial charge in [-0.25, -0.2) is 4.98 Å². The molecule has 2 aromatic rings. The molecule has 0 spiro atoms. The Morgan fingerprint density at radius 1 is 1.43 bits per heavy atom. The molecule has 2 rings (SSSR count). The molecule has 0 radical (unpaired) electrons. The van der Waals surface area contributed by atoms with Gasteiger partial charge in [0.15, 0.2) is 0 Å². The monoisotopic (exact) mass is 300 g/mol. The van der Waals surface area contributed by atoms with Crippen molar-refractivity contribution in [2.45, 2.75) is 24.9 Å². The summed E-state index contributed by atoms with van der Waals surface area (Å²) in [6.45, 7) is 4.20. The summed E-state index contributed by atoms with van der Waals surface area (Å²) in [6, 6.07) is 10.6. The van der Waals surface area contributed by atoms with E-state index in [0.29, 0.717) is 28.2 Å². The van der Waals surface area contributed by atoms with Gasteiger partial charge in [0.1, 0.15) is 0 Å². The minimum atomic E-state index is -0.191. The lowest BCUT2D eigenvalue weighted by molar-refractivity contribution is 1.05. The fraction of sp³-hybridized carbons (Fsp3) is 0.267. The molecule has 1 heterocycles. The van der Waals surface area contributed by atoms with Crippen LogP contribution in [0, 0.1) is 11.3 Å². The average Bonchev–Trinajstić information content (AvgIpc) is 2.45. The zero-order valence-corrected chi connectivity index (χ0v) is 12.7. The highest BCUT2D eigenvalue weighted by Crippen LogP contribution is 2.17. The van der Waals surface area contributed by atoms with Crippen molar-refractivity contribution in [1.29, 1.82) is 5.26 Å². The lowest BCUT2D eigenvalue weighted by Crippen LogP contribution is -2.12. The summed E-state index contributed by atoms with van der Waals surface area (Å²) in [5.74, 6) is 1.08. The maximum absolute atomic E-state index is 11.7. The Labute approximate surface area is 127 Å². The van der Waals surface area contributed by atoms with Crippen molar-refractivity contribution in [3.63, 3.8) is 0 Å². The molecule has 0 aliphatic rings. The van der Waals surface area contributed by atoms with Crippen LogP contribution in [0.15, 0.2) is 35.1 Å². The van der Waals surface area contributed by atoms with Gasteiger partial charge in [-0.15, -0.1) is 0 Å². The summed E-state index contributed by atoms with van der Waals surface area (Å²) in [5, 5.41) is 12.4. The quantitative estimate of drug-likeness (QED) is 0.887. The highest BCUT2D eigenvalue weighted by Gasteiger charge is 2.04. The van der Waals surface area contributed by atoms with Crippen LogP contribution in [0.4, 0.5) is 11.6 Å². The molecule has 0 fully saturated rings. The van der Waals surface area contributed by atoms with Crippen LogP contribution in [0.1, 0.15) is 25.1 Å². The normalized spacial score (nSPS) is 10.4. The standard InChI is InChI=1S/C15H16N4OS/c1-10(2)21-9-13-7-14(20)19-15(18-13)17-12-5-3-4-11(6-12)8-16/h3-7,10H,9H2,1-2H3,(H2,17,18,19,20). The molecule has 0 unspecified atom stereocenters. The Kier molecular flexibility index (Phi) is 5.01. The smallest absolute Gasteiger partial charge is 0.252 e. The third-order valence-electron chi connectivity index (χ3n) is 2.61. The Morgan fingerprint density at radius 2 is 2.24 bits per heavy atom. The summed E-state index contributed by atoms with van der Waals surface area (Å²) in [6.07, 6.45) is 0. The van der Waals surface area contributed by atoms with E-state index in [4.69, 9.17) is 5.26 Å². The Hall–Kier alpha value is -2.26. The van der Waals surface area contributed by atoms with Crippen LogP contribution in [0.25, 0.3) is 0 Å². The van der Waals surface area contributed by atoms with Crippen molar-refractivity contribution in [1.82, 2.24) is 9.97 Å². The predicted molar refractivity (Wildman–Crippen MR) is 85.7 cm³/mol. The molecule has 0 saturated carbocycles. The van der Waals surface area contributed by atoms with E-state index in [9.17, 15) is 4.79 Å². The number of anilines is 2. The number of rotatable bonds is 5. The number of aromatic amines is 1. The number of nitriles is 1. The maximum Gasteiger partial charge on any atom is 0.252 e. The van der Waals surface area contributed by atoms with Crippen LogP contribution in [-0.2, 0) is 5.75 Å². The van der Waals surface area contributed by atoms with Gasteiger partial charge in [-0.3, -0.25) is 9.78 Å². The number of benzene rings is 1. The van der Waals surface area contributed by atoms with Crippen LogP contribution in [-0.4, -0.2) is 15.2 Å². The van der Waals surface area contributed by atoms with Gasteiger partial charge in [-0.2, -0.15) is 17.0 Å². The molecule has 1 aromatic heterocycles. The van der Waals surface area contributed by atoms with Crippen molar-refractivity contribution < 1.29 is 0 Å². The van der Waals surface area contributed by atoms with Gasteiger partial charge in [0.05, 0.1) is 17.3 Å². The van der Waals surface area contributed by atoms with Crippen molar-refractivity contribution in [3.05, 3.63) is 51.9 Å². The first-order valence-electron chi connectivity index (χ1n) is 6.56. The van der Waals surface area contributed by atoms with Crippen molar-refractivity contribution >= 4 is 23.4 Å². The molecule has 5 nitrogen and oxygen atoms in total. The zero-order valence-electron chi connectivity index (χ0n) is 11.9. The first-order valence-corrected chi connectivity index (χ1v) is 7.61. The molecule has 0 aliphatic heterocycles. The van der Waals surface area contributed by atoms with E-state index < -0.39 is 0 Å². The number of hydrogen-bond donors (Lipinski definition) is 2. The summed E-state index contributed by atoms with van der Waals surface area (Å²) >= 11 is 1.73. The van der Waals surface area contributed by atoms with Crippen LogP contribution >= 0.6 is 11.8 Å². The molecular weight excluding hydrogens is 284 g/mol. The molecule has 2 N–H and O–H groups in total. The Morgan fingerprint density at radius 3 is 2.95 bits per heavy atom. The molecule has 0 amide bonds. The number of nitrogens with one attached hydrogen (secondary N) is 2. The third-order valence-corrected chi connectivity index (χ3v) is 3.74. The SMILES string of the molecule is CC(C)SCc1cc(=O)[nH]c(Nc2cccc(C#N)c2)n1. The van der Waals surface area contributed by atoms with Crippen LogP contribution in [0.3, 0.4) is 0 Å². The fourth-order valence-corrected chi connectivity index (χ4v) is 2.35. The maximum atomic E-state index is 11.7. The van der Waals surface area contributed by atoms with Crippen LogP contribution in [0.2, 0.25) is 0 Å². The van der Waals surface area contributed by atoms with Gasteiger partial charge in [-0.1, -0.05) is 19.9 Å². The second-order valence-electron chi connectivity index (χ2n) is 4.76. The number of H-pyrrole nitrogens is 1. The lowest BCUT2D eigenvalue weighted by Gasteiger charge is -2.08. The Bertz CT molecular complexity index is 718. The fourth-order valence-electron chi connectivity index (χ4n) is 1.70. The number of nitrogens with zero attached hydrogens (tertiary/aromatic N) is 2. The van der Waals surface area contributed by atoms with E-state index in [0.717, 1.165) is 5.69 Å². The van der Waals surface area contributed by atoms with Gasteiger partial charge in [0, 0.05) is 17.5 Å². The van der Waals surface area contributed by atoms with Crippen LogP contribution < -0.4 is 10.9 Å². The molecule has 1 aromatic carbocycles. The molecule has 0 atom stereocenters.